The second kappa shape index (κ2) is 10.5. The zero-order valence-electron chi connectivity index (χ0n) is 15.8. The third kappa shape index (κ3) is 6.83. The molecule has 8 heteroatoms. The summed E-state index contributed by atoms with van der Waals surface area (Å²) in [5.41, 5.74) is 6.15. The van der Waals surface area contributed by atoms with Gasteiger partial charge in [-0.25, -0.2) is 0 Å². The molecule has 2 aromatic carbocycles. The number of hydrazine groups is 1. The summed E-state index contributed by atoms with van der Waals surface area (Å²) in [6, 6.07) is 10.5. The van der Waals surface area contributed by atoms with Gasteiger partial charge in [0.2, 0.25) is 0 Å². The van der Waals surface area contributed by atoms with E-state index in [0.29, 0.717) is 34.1 Å². The predicted molar refractivity (Wildman–Crippen MR) is 114 cm³/mol. The van der Waals surface area contributed by atoms with Gasteiger partial charge in [0.05, 0.1) is 15.6 Å². The van der Waals surface area contributed by atoms with E-state index >= 15 is 0 Å². The van der Waals surface area contributed by atoms with Gasteiger partial charge in [0.25, 0.3) is 11.8 Å². The Hall–Kier alpha value is -2.06. The number of aryl methyl sites for hydroxylation is 1. The Morgan fingerprint density at radius 3 is 2.25 bits per heavy atom. The topological polar surface area (TPSA) is 76.7 Å². The number of carbonyl (C=O) groups is 2. The fourth-order valence-electron chi connectivity index (χ4n) is 2.12. The van der Waals surface area contributed by atoms with Crippen LogP contribution in [-0.4, -0.2) is 25.0 Å². The molecule has 0 unspecified atom stereocenters. The first-order valence-corrected chi connectivity index (χ1v) is 10.3. The van der Waals surface area contributed by atoms with Crippen molar-refractivity contribution in [3.05, 3.63) is 56.5 Å². The van der Waals surface area contributed by atoms with Crippen molar-refractivity contribution in [3.63, 3.8) is 0 Å². The van der Waals surface area contributed by atoms with Crippen molar-refractivity contribution in [2.24, 2.45) is 5.92 Å². The van der Waals surface area contributed by atoms with E-state index in [1.165, 1.54) is 0 Å². The van der Waals surface area contributed by atoms with Gasteiger partial charge in [-0.1, -0.05) is 19.9 Å². The third-order valence-corrected chi connectivity index (χ3v) is 4.77. The molecule has 6 nitrogen and oxygen atoms in total. The molecule has 0 aliphatic heterocycles. The van der Waals surface area contributed by atoms with Crippen LogP contribution in [0.5, 0.6) is 11.5 Å². The Morgan fingerprint density at radius 1 is 0.964 bits per heavy atom. The van der Waals surface area contributed by atoms with Crippen LogP contribution in [-0.2, 0) is 4.79 Å². The van der Waals surface area contributed by atoms with Crippen molar-refractivity contribution >= 4 is 43.7 Å². The standard InChI is InChI=1S/C20H22Br2N2O4/c1-12(2)10-27-18-7-5-14(9-16(18)22)20(26)24-23-19(25)11-28-17-6-4-13(3)8-15(17)21/h4-9,12H,10-11H2,1-3H3,(H,23,25)(H,24,26). The van der Waals surface area contributed by atoms with E-state index < -0.39 is 11.8 Å². The lowest BCUT2D eigenvalue weighted by Crippen LogP contribution is -2.43. The maximum Gasteiger partial charge on any atom is 0.276 e. The van der Waals surface area contributed by atoms with Gasteiger partial charge in [-0.2, -0.15) is 0 Å². The van der Waals surface area contributed by atoms with Gasteiger partial charge in [-0.15, -0.1) is 0 Å². The van der Waals surface area contributed by atoms with Gasteiger partial charge in [0, 0.05) is 5.56 Å². The molecule has 2 amide bonds. The highest BCUT2D eigenvalue weighted by Crippen LogP contribution is 2.27. The molecule has 0 saturated heterocycles. The van der Waals surface area contributed by atoms with Crippen molar-refractivity contribution in [1.82, 2.24) is 10.9 Å². The molecule has 150 valence electrons. The average molecular weight is 514 g/mol. The third-order valence-electron chi connectivity index (χ3n) is 3.53. The first-order chi connectivity index (χ1) is 13.3. The number of carbonyl (C=O) groups excluding carboxylic acids is 2. The number of amides is 2. The SMILES string of the molecule is Cc1ccc(OCC(=O)NNC(=O)c2ccc(OCC(C)C)c(Br)c2)c(Br)c1. The molecule has 2 rings (SSSR count). The quantitative estimate of drug-likeness (QED) is 0.538. The summed E-state index contributed by atoms with van der Waals surface area (Å²) < 4.78 is 12.5. The van der Waals surface area contributed by atoms with Crippen LogP contribution in [0, 0.1) is 12.8 Å². The molecular weight excluding hydrogens is 492 g/mol. The van der Waals surface area contributed by atoms with Crippen molar-refractivity contribution < 1.29 is 19.1 Å². The molecule has 0 radical (unpaired) electrons. The van der Waals surface area contributed by atoms with Crippen molar-refractivity contribution in [2.45, 2.75) is 20.8 Å². The lowest BCUT2D eigenvalue weighted by molar-refractivity contribution is -0.123. The van der Waals surface area contributed by atoms with Crippen LogP contribution in [0.4, 0.5) is 0 Å². The summed E-state index contributed by atoms with van der Waals surface area (Å²) in [6.45, 7) is 6.42. The highest BCUT2D eigenvalue weighted by Gasteiger charge is 2.12. The molecule has 0 aliphatic carbocycles. The normalized spacial score (nSPS) is 10.5. The Morgan fingerprint density at radius 2 is 1.61 bits per heavy atom. The molecule has 0 spiro atoms. The van der Waals surface area contributed by atoms with E-state index in [9.17, 15) is 9.59 Å². The lowest BCUT2D eigenvalue weighted by atomic mass is 10.2. The van der Waals surface area contributed by atoms with Gasteiger partial charge < -0.3 is 9.47 Å². The van der Waals surface area contributed by atoms with E-state index in [1.807, 2.05) is 19.1 Å². The summed E-state index contributed by atoms with van der Waals surface area (Å²) in [7, 11) is 0. The molecule has 28 heavy (non-hydrogen) atoms. The predicted octanol–water partition coefficient (Wildman–Crippen LogP) is 4.39. The smallest absolute Gasteiger partial charge is 0.276 e. The Balaban J connectivity index is 1.84. The largest absolute Gasteiger partial charge is 0.492 e. The first-order valence-electron chi connectivity index (χ1n) is 8.66. The van der Waals surface area contributed by atoms with Crippen LogP contribution in [0.1, 0.15) is 29.8 Å². The lowest BCUT2D eigenvalue weighted by Gasteiger charge is -2.12. The maximum atomic E-state index is 12.2. The molecule has 2 N–H and O–H groups in total. The van der Waals surface area contributed by atoms with Gasteiger partial charge in [-0.05, 0) is 80.6 Å². The summed E-state index contributed by atoms with van der Waals surface area (Å²) in [4.78, 5) is 24.1. The van der Waals surface area contributed by atoms with Crippen LogP contribution in [0.15, 0.2) is 45.3 Å². The summed E-state index contributed by atoms with van der Waals surface area (Å²) in [5, 5.41) is 0. The van der Waals surface area contributed by atoms with Crippen LogP contribution in [0.25, 0.3) is 0 Å². The highest BCUT2D eigenvalue weighted by atomic mass is 79.9. The van der Waals surface area contributed by atoms with E-state index in [1.54, 1.807) is 24.3 Å². The van der Waals surface area contributed by atoms with Crippen LogP contribution < -0.4 is 20.3 Å². The van der Waals surface area contributed by atoms with E-state index in [2.05, 4.69) is 56.6 Å². The number of nitrogens with one attached hydrogen (secondary N) is 2. The number of ether oxygens (including phenoxy) is 2. The van der Waals surface area contributed by atoms with E-state index in [0.717, 1.165) is 10.0 Å². The van der Waals surface area contributed by atoms with Crippen LogP contribution in [0.3, 0.4) is 0 Å². The van der Waals surface area contributed by atoms with Gasteiger partial charge in [0.1, 0.15) is 11.5 Å². The first kappa shape index (κ1) is 22.2. The minimum absolute atomic E-state index is 0.229. The molecule has 0 heterocycles. The van der Waals surface area contributed by atoms with Crippen LogP contribution in [0.2, 0.25) is 0 Å². The molecule has 0 aromatic heterocycles. The molecule has 2 aromatic rings. The van der Waals surface area contributed by atoms with Gasteiger partial charge in [-0.3, -0.25) is 20.4 Å². The Kier molecular flexibility index (Phi) is 8.32. The number of halogens is 2. The Bertz CT molecular complexity index is 856. The summed E-state index contributed by atoms with van der Waals surface area (Å²) >= 11 is 6.77. The van der Waals surface area contributed by atoms with Crippen LogP contribution >= 0.6 is 31.9 Å². The molecule has 0 aliphatic rings. The second-order valence-electron chi connectivity index (χ2n) is 6.57. The summed E-state index contributed by atoms with van der Waals surface area (Å²) in [6.07, 6.45) is 0. The zero-order chi connectivity index (χ0) is 20.7. The number of hydrogen-bond acceptors (Lipinski definition) is 4. The molecule has 0 saturated carbocycles. The fraction of sp³-hybridized carbons (Fsp3) is 0.300. The monoisotopic (exact) mass is 512 g/mol. The second-order valence-corrected chi connectivity index (χ2v) is 8.28. The number of benzene rings is 2. The van der Waals surface area contributed by atoms with Crippen molar-refractivity contribution in [1.29, 1.82) is 0 Å². The molecule has 0 bridgehead atoms. The Labute approximate surface area is 181 Å². The minimum Gasteiger partial charge on any atom is -0.492 e. The number of hydrogen-bond donors (Lipinski definition) is 2. The number of rotatable bonds is 7. The minimum atomic E-state index is -0.475. The highest BCUT2D eigenvalue weighted by molar-refractivity contribution is 9.10. The van der Waals surface area contributed by atoms with Gasteiger partial charge in [0.15, 0.2) is 6.61 Å². The maximum absolute atomic E-state index is 12.2. The summed E-state index contributed by atoms with van der Waals surface area (Å²) in [5.74, 6) is 0.685. The van der Waals surface area contributed by atoms with Crippen molar-refractivity contribution in [2.75, 3.05) is 13.2 Å². The molecular formula is C20H22Br2N2O4. The molecule has 0 atom stereocenters. The van der Waals surface area contributed by atoms with Gasteiger partial charge >= 0.3 is 0 Å². The van der Waals surface area contributed by atoms with E-state index in [-0.39, 0.29) is 6.61 Å². The van der Waals surface area contributed by atoms with Crippen molar-refractivity contribution in [3.8, 4) is 11.5 Å². The zero-order valence-corrected chi connectivity index (χ0v) is 19.0. The fourth-order valence-corrected chi connectivity index (χ4v) is 3.22. The molecule has 0 fully saturated rings. The van der Waals surface area contributed by atoms with E-state index in [4.69, 9.17) is 9.47 Å². The average Bonchev–Trinajstić information content (AvgIpc) is 2.64.